The molecular weight excluding hydrogens is 382 g/mol. The van der Waals surface area contributed by atoms with E-state index in [-0.39, 0.29) is 11.3 Å². The molecule has 4 saturated carbocycles. The molecule has 134 valence electrons. The van der Waals surface area contributed by atoms with Crippen LogP contribution >= 0.6 is 15.9 Å². The quantitative estimate of drug-likeness (QED) is 0.782. The zero-order chi connectivity index (χ0) is 17.6. The standard InChI is InChI=1S/C20H24BrNO3/c21-16-3-1-2-12(7-16)8-17(18(23)24)22-19(25)20-9-13-4-14(10-20)6-15(5-13)11-20/h1-3,7,13-15,17H,4-6,8-11H2,(H,22,25)(H,23,24)/t13?,14?,15?,17-,20?/m0/s1. The Morgan fingerprint density at radius 3 is 2.28 bits per heavy atom. The Labute approximate surface area is 156 Å². The Morgan fingerprint density at radius 1 is 1.16 bits per heavy atom. The van der Waals surface area contributed by atoms with E-state index < -0.39 is 12.0 Å². The number of benzene rings is 1. The summed E-state index contributed by atoms with van der Waals surface area (Å²) in [6.45, 7) is 0. The molecule has 5 rings (SSSR count). The number of hydrogen-bond donors (Lipinski definition) is 2. The number of carboxylic acid groups (broad SMARTS) is 1. The van der Waals surface area contributed by atoms with Gasteiger partial charge in [0.25, 0.3) is 0 Å². The fraction of sp³-hybridized carbons (Fsp3) is 0.600. The lowest BCUT2D eigenvalue weighted by Gasteiger charge is -2.55. The number of rotatable bonds is 5. The first-order chi connectivity index (χ1) is 11.9. The zero-order valence-electron chi connectivity index (χ0n) is 14.2. The minimum atomic E-state index is -0.960. The van der Waals surface area contributed by atoms with E-state index in [2.05, 4.69) is 21.2 Å². The van der Waals surface area contributed by atoms with E-state index in [1.54, 1.807) is 0 Å². The highest BCUT2D eigenvalue weighted by molar-refractivity contribution is 9.10. The third-order valence-corrected chi connectivity index (χ3v) is 6.95. The minimum Gasteiger partial charge on any atom is -0.480 e. The van der Waals surface area contributed by atoms with Gasteiger partial charge in [0, 0.05) is 16.3 Å². The van der Waals surface area contributed by atoms with E-state index in [4.69, 9.17) is 0 Å². The Bertz CT molecular complexity index is 667. The molecule has 4 nitrogen and oxygen atoms in total. The molecule has 0 spiro atoms. The SMILES string of the molecule is O=C(O)[C@H](Cc1cccc(Br)c1)NC(=O)C12CC3CC(CC(C3)C1)C2. The number of hydrogen-bond acceptors (Lipinski definition) is 2. The normalized spacial score (nSPS) is 33.9. The van der Waals surface area contributed by atoms with Crippen molar-refractivity contribution in [2.24, 2.45) is 23.2 Å². The summed E-state index contributed by atoms with van der Waals surface area (Å²) in [5.41, 5.74) is 0.604. The minimum absolute atomic E-state index is 0.0194. The van der Waals surface area contributed by atoms with Gasteiger partial charge in [0.05, 0.1) is 0 Å². The summed E-state index contributed by atoms with van der Waals surface area (Å²) < 4.78 is 0.918. The number of carbonyl (C=O) groups is 2. The summed E-state index contributed by atoms with van der Waals surface area (Å²) in [5.74, 6) is 1.04. The van der Waals surface area contributed by atoms with E-state index >= 15 is 0 Å². The van der Waals surface area contributed by atoms with Crippen LogP contribution in [0.5, 0.6) is 0 Å². The summed E-state index contributed by atoms with van der Waals surface area (Å²) in [4.78, 5) is 24.8. The Hall–Kier alpha value is -1.36. The first-order valence-corrected chi connectivity index (χ1v) is 10.0. The molecule has 4 bridgehead atoms. The van der Waals surface area contributed by atoms with Crippen LogP contribution in [-0.2, 0) is 16.0 Å². The molecule has 1 aromatic carbocycles. The maximum absolute atomic E-state index is 13.1. The lowest BCUT2D eigenvalue weighted by Crippen LogP contribution is -2.56. The lowest BCUT2D eigenvalue weighted by molar-refractivity contribution is -0.151. The molecular formula is C20H24BrNO3. The second-order valence-electron chi connectivity index (χ2n) is 8.40. The van der Waals surface area contributed by atoms with Gasteiger partial charge in [-0.2, -0.15) is 0 Å². The van der Waals surface area contributed by atoms with Crippen LogP contribution in [0.15, 0.2) is 28.7 Å². The maximum Gasteiger partial charge on any atom is 0.326 e. The summed E-state index contributed by atoms with van der Waals surface area (Å²) in [6.07, 6.45) is 6.98. The predicted molar refractivity (Wildman–Crippen MR) is 98.0 cm³/mol. The first-order valence-electron chi connectivity index (χ1n) is 9.22. The van der Waals surface area contributed by atoms with Crippen LogP contribution in [0.3, 0.4) is 0 Å². The second kappa shape index (κ2) is 6.42. The van der Waals surface area contributed by atoms with Gasteiger partial charge in [-0.25, -0.2) is 4.79 Å². The van der Waals surface area contributed by atoms with Crippen molar-refractivity contribution >= 4 is 27.8 Å². The molecule has 0 aliphatic heterocycles. The van der Waals surface area contributed by atoms with Crippen molar-refractivity contribution < 1.29 is 14.7 Å². The number of aliphatic carboxylic acids is 1. The van der Waals surface area contributed by atoms with Crippen molar-refractivity contribution in [2.75, 3.05) is 0 Å². The Balaban J connectivity index is 1.49. The summed E-state index contributed by atoms with van der Waals surface area (Å²) in [5, 5.41) is 12.5. The van der Waals surface area contributed by atoms with Gasteiger partial charge < -0.3 is 10.4 Å². The number of carboxylic acids is 1. The van der Waals surface area contributed by atoms with E-state index in [1.165, 1.54) is 19.3 Å². The predicted octanol–water partition coefficient (Wildman–Crippen LogP) is 3.78. The van der Waals surface area contributed by atoms with E-state index in [0.717, 1.165) is 29.3 Å². The fourth-order valence-corrected chi connectivity index (χ4v) is 6.25. The van der Waals surface area contributed by atoms with Gasteiger partial charge >= 0.3 is 5.97 Å². The van der Waals surface area contributed by atoms with Crippen LogP contribution in [0.1, 0.15) is 44.1 Å². The van der Waals surface area contributed by atoms with Crippen molar-refractivity contribution in [1.82, 2.24) is 5.32 Å². The van der Waals surface area contributed by atoms with Crippen LogP contribution in [0.25, 0.3) is 0 Å². The average Bonchev–Trinajstić information content (AvgIpc) is 2.52. The second-order valence-corrected chi connectivity index (χ2v) is 9.31. The molecule has 0 radical (unpaired) electrons. The van der Waals surface area contributed by atoms with Crippen LogP contribution in [0.2, 0.25) is 0 Å². The van der Waals surface area contributed by atoms with Crippen LogP contribution in [0.4, 0.5) is 0 Å². The third-order valence-electron chi connectivity index (χ3n) is 6.45. The van der Waals surface area contributed by atoms with E-state index in [1.807, 2.05) is 24.3 Å². The molecule has 5 heteroatoms. The zero-order valence-corrected chi connectivity index (χ0v) is 15.8. The molecule has 25 heavy (non-hydrogen) atoms. The summed E-state index contributed by atoms with van der Waals surface area (Å²) in [6, 6.07) is 6.74. The van der Waals surface area contributed by atoms with Crippen LogP contribution in [-0.4, -0.2) is 23.0 Å². The Morgan fingerprint density at radius 2 is 1.76 bits per heavy atom. The van der Waals surface area contributed by atoms with Crippen molar-refractivity contribution in [2.45, 2.75) is 51.0 Å². The molecule has 0 heterocycles. The summed E-state index contributed by atoms with van der Waals surface area (Å²) >= 11 is 3.41. The number of carbonyl (C=O) groups excluding carboxylic acids is 1. The molecule has 1 amide bonds. The first kappa shape index (κ1) is 17.1. The highest BCUT2D eigenvalue weighted by Crippen LogP contribution is 2.60. The average molecular weight is 406 g/mol. The number of nitrogens with one attached hydrogen (secondary N) is 1. The number of halogens is 1. The molecule has 1 atom stereocenters. The smallest absolute Gasteiger partial charge is 0.326 e. The molecule has 0 unspecified atom stereocenters. The highest BCUT2D eigenvalue weighted by atomic mass is 79.9. The van der Waals surface area contributed by atoms with Crippen LogP contribution < -0.4 is 5.32 Å². The molecule has 0 saturated heterocycles. The monoisotopic (exact) mass is 405 g/mol. The fourth-order valence-electron chi connectivity index (χ4n) is 5.80. The largest absolute Gasteiger partial charge is 0.480 e. The summed E-state index contributed by atoms with van der Waals surface area (Å²) in [7, 11) is 0. The third kappa shape index (κ3) is 3.35. The molecule has 4 fully saturated rings. The Kier molecular flexibility index (Phi) is 4.38. The molecule has 1 aromatic rings. The van der Waals surface area contributed by atoms with Gasteiger partial charge in [-0.3, -0.25) is 4.79 Å². The highest BCUT2D eigenvalue weighted by Gasteiger charge is 2.54. The van der Waals surface area contributed by atoms with Crippen LogP contribution in [0, 0.1) is 23.2 Å². The molecule has 4 aliphatic carbocycles. The molecule has 2 N–H and O–H groups in total. The van der Waals surface area contributed by atoms with E-state index in [9.17, 15) is 14.7 Å². The van der Waals surface area contributed by atoms with Gasteiger partial charge in [0.2, 0.25) is 5.91 Å². The van der Waals surface area contributed by atoms with Crippen molar-refractivity contribution in [3.8, 4) is 0 Å². The maximum atomic E-state index is 13.1. The van der Waals surface area contributed by atoms with Gasteiger partial charge in [0.15, 0.2) is 0 Å². The van der Waals surface area contributed by atoms with Crippen molar-refractivity contribution in [3.63, 3.8) is 0 Å². The van der Waals surface area contributed by atoms with Crippen molar-refractivity contribution in [1.29, 1.82) is 0 Å². The molecule has 4 aliphatic rings. The van der Waals surface area contributed by atoms with Gasteiger partial charge in [-0.15, -0.1) is 0 Å². The van der Waals surface area contributed by atoms with E-state index in [0.29, 0.717) is 24.2 Å². The van der Waals surface area contributed by atoms with Gasteiger partial charge in [0.1, 0.15) is 6.04 Å². The van der Waals surface area contributed by atoms with Gasteiger partial charge in [-0.05, 0) is 74.0 Å². The van der Waals surface area contributed by atoms with Crippen molar-refractivity contribution in [3.05, 3.63) is 34.3 Å². The molecule has 0 aromatic heterocycles. The lowest BCUT2D eigenvalue weighted by atomic mass is 9.49. The van der Waals surface area contributed by atoms with Gasteiger partial charge in [-0.1, -0.05) is 28.1 Å². The number of amides is 1. The topological polar surface area (TPSA) is 66.4 Å².